The zero-order valence-corrected chi connectivity index (χ0v) is 17.0. The maximum atomic E-state index is 12.4. The van der Waals surface area contributed by atoms with Crippen LogP contribution in [0.2, 0.25) is 0 Å². The maximum Gasteiger partial charge on any atom is 0.220 e. The van der Waals surface area contributed by atoms with E-state index >= 15 is 0 Å². The van der Waals surface area contributed by atoms with Crippen molar-refractivity contribution in [3.63, 3.8) is 0 Å². The van der Waals surface area contributed by atoms with Gasteiger partial charge in [-0.15, -0.1) is 0 Å². The monoisotopic (exact) mass is 403 g/mol. The van der Waals surface area contributed by atoms with E-state index in [0.29, 0.717) is 23.0 Å². The van der Waals surface area contributed by atoms with Crippen LogP contribution in [-0.4, -0.2) is 31.5 Å². The van der Waals surface area contributed by atoms with Crippen molar-refractivity contribution < 1.29 is 9.00 Å². The van der Waals surface area contributed by atoms with E-state index in [2.05, 4.69) is 21.2 Å². The van der Waals surface area contributed by atoms with Crippen LogP contribution in [-0.2, 0) is 15.6 Å². The van der Waals surface area contributed by atoms with Crippen molar-refractivity contribution in [2.24, 2.45) is 17.3 Å². The zero-order chi connectivity index (χ0) is 16.9. The molecule has 4 bridgehead atoms. The molecule has 0 aromatic heterocycles. The van der Waals surface area contributed by atoms with E-state index in [9.17, 15) is 9.00 Å². The van der Waals surface area contributed by atoms with Crippen LogP contribution in [0.15, 0.2) is 0 Å². The van der Waals surface area contributed by atoms with E-state index in [0.717, 1.165) is 18.3 Å². The van der Waals surface area contributed by atoms with Crippen molar-refractivity contribution in [3.05, 3.63) is 0 Å². The van der Waals surface area contributed by atoms with Crippen LogP contribution in [0.4, 0.5) is 0 Å². The molecular weight excluding hydrogens is 374 g/mol. The average molecular weight is 404 g/mol. The van der Waals surface area contributed by atoms with Gasteiger partial charge in [-0.05, 0) is 76.5 Å². The molecule has 132 valence electrons. The SMILES string of the molecule is CC(C)(C)S(=O)CCNC(=O)CC12CC3CC(CC(Br)(C3)C1)C2. The summed E-state index contributed by atoms with van der Waals surface area (Å²) in [5, 5.41) is 3.03. The standard InChI is InChI=1S/C18H30BrNO2S/c1-16(2,3)23(22)5-4-20-15(21)11-17-7-13-6-14(8-17)10-18(19,9-13)12-17/h13-14H,4-12H2,1-3H3,(H,20,21). The van der Waals surface area contributed by atoms with Gasteiger partial charge in [-0.2, -0.15) is 0 Å². The number of alkyl halides is 1. The van der Waals surface area contributed by atoms with Gasteiger partial charge in [0.05, 0.1) is 0 Å². The second-order valence-corrected chi connectivity index (χ2v) is 13.3. The minimum Gasteiger partial charge on any atom is -0.355 e. The van der Waals surface area contributed by atoms with Gasteiger partial charge in [0.1, 0.15) is 0 Å². The minimum absolute atomic E-state index is 0.161. The van der Waals surface area contributed by atoms with E-state index in [1.807, 2.05) is 20.8 Å². The number of rotatable bonds is 5. The molecule has 3 nitrogen and oxygen atoms in total. The first-order valence-corrected chi connectivity index (χ1v) is 11.0. The normalized spacial score (nSPS) is 40.2. The lowest BCUT2D eigenvalue weighted by Crippen LogP contribution is -2.54. The number of carbonyl (C=O) groups is 1. The van der Waals surface area contributed by atoms with Crippen molar-refractivity contribution in [1.82, 2.24) is 5.32 Å². The molecule has 0 saturated heterocycles. The molecule has 0 radical (unpaired) electrons. The fraction of sp³-hybridized carbons (Fsp3) is 0.944. The fourth-order valence-electron chi connectivity index (χ4n) is 5.54. The molecule has 1 amide bonds. The van der Waals surface area contributed by atoms with Crippen LogP contribution >= 0.6 is 15.9 Å². The topological polar surface area (TPSA) is 46.2 Å². The van der Waals surface area contributed by atoms with Gasteiger partial charge < -0.3 is 5.32 Å². The summed E-state index contributed by atoms with van der Waals surface area (Å²) in [4.78, 5) is 12.4. The van der Waals surface area contributed by atoms with Crippen LogP contribution < -0.4 is 5.32 Å². The highest BCUT2D eigenvalue weighted by molar-refractivity contribution is 9.10. The van der Waals surface area contributed by atoms with Gasteiger partial charge in [0, 0.05) is 38.6 Å². The second kappa shape index (κ2) is 6.12. The highest BCUT2D eigenvalue weighted by Gasteiger charge is 2.57. The van der Waals surface area contributed by atoms with Gasteiger partial charge in [-0.25, -0.2) is 0 Å². The van der Waals surface area contributed by atoms with E-state index in [1.165, 1.54) is 32.1 Å². The number of halogens is 1. The molecule has 0 heterocycles. The summed E-state index contributed by atoms with van der Waals surface area (Å²) in [6.07, 6.45) is 8.27. The molecular formula is C18H30BrNO2S. The number of carbonyl (C=O) groups excluding carboxylic acids is 1. The first kappa shape index (κ1) is 17.9. The Morgan fingerprint density at radius 3 is 2.35 bits per heavy atom. The third kappa shape index (κ3) is 4.02. The summed E-state index contributed by atoms with van der Waals surface area (Å²) in [5.41, 5.74) is 0.223. The third-order valence-corrected chi connectivity index (χ3v) is 8.81. The largest absolute Gasteiger partial charge is 0.355 e. The van der Waals surface area contributed by atoms with Gasteiger partial charge in [0.2, 0.25) is 5.91 Å². The van der Waals surface area contributed by atoms with Crippen molar-refractivity contribution in [3.8, 4) is 0 Å². The summed E-state index contributed by atoms with van der Waals surface area (Å²) < 4.78 is 12.2. The smallest absolute Gasteiger partial charge is 0.220 e. The zero-order valence-electron chi connectivity index (χ0n) is 14.6. The average Bonchev–Trinajstić information content (AvgIpc) is 2.33. The van der Waals surface area contributed by atoms with E-state index in [1.54, 1.807) is 0 Å². The van der Waals surface area contributed by atoms with E-state index < -0.39 is 10.8 Å². The van der Waals surface area contributed by atoms with Gasteiger partial charge in [0.15, 0.2) is 0 Å². The van der Waals surface area contributed by atoms with Crippen molar-refractivity contribution in [2.75, 3.05) is 12.3 Å². The maximum absolute atomic E-state index is 12.4. The van der Waals surface area contributed by atoms with Crippen LogP contribution in [0.3, 0.4) is 0 Å². The number of hydrogen-bond acceptors (Lipinski definition) is 2. The highest BCUT2D eigenvalue weighted by atomic mass is 79.9. The summed E-state index contributed by atoms with van der Waals surface area (Å²) in [6, 6.07) is 0. The molecule has 5 heteroatoms. The molecule has 4 saturated carbocycles. The van der Waals surface area contributed by atoms with E-state index in [4.69, 9.17) is 0 Å². The van der Waals surface area contributed by atoms with Gasteiger partial charge in [-0.1, -0.05) is 15.9 Å². The number of hydrogen-bond donors (Lipinski definition) is 1. The lowest BCUT2D eigenvalue weighted by molar-refractivity contribution is -0.128. The Labute approximate surface area is 151 Å². The summed E-state index contributed by atoms with van der Waals surface area (Å²) in [6.45, 7) is 6.48. The van der Waals surface area contributed by atoms with Crippen molar-refractivity contribution in [1.29, 1.82) is 0 Å². The Kier molecular flexibility index (Phi) is 4.76. The Morgan fingerprint density at radius 1 is 1.22 bits per heavy atom. The molecule has 3 unspecified atom stereocenters. The minimum atomic E-state index is -0.895. The van der Waals surface area contributed by atoms with Gasteiger partial charge >= 0.3 is 0 Å². The lowest BCUT2D eigenvalue weighted by Gasteiger charge is -2.60. The Hall–Kier alpha value is 0.1000. The number of nitrogens with one attached hydrogen (secondary N) is 1. The second-order valence-electron chi connectivity index (χ2n) is 9.30. The Balaban J connectivity index is 1.51. The Morgan fingerprint density at radius 2 is 1.83 bits per heavy atom. The summed E-state index contributed by atoms with van der Waals surface area (Å²) in [7, 11) is -0.895. The van der Waals surface area contributed by atoms with Gasteiger partial charge in [-0.3, -0.25) is 9.00 Å². The molecule has 0 aromatic carbocycles. The quantitative estimate of drug-likeness (QED) is 0.709. The summed E-state index contributed by atoms with van der Waals surface area (Å²) in [5.74, 6) is 2.35. The third-order valence-electron chi connectivity index (χ3n) is 5.94. The van der Waals surface area contributed by atoms with Gasteiger partial charge in [0.25, 0.3) is 0 Å². The molecule has 0 aliphatic heterocycles. The molecule has 4 aliphatic carbocycles. The van der Waals surface area contributed by atoms with Crippen LogP contribution in [0, 0.1) is 17.3 Å². The fourth-order valence-corrected chi connectivity index (χ4v) is 7.95. The highest BCUT2D eigenvalue weighted by Crippen LogP contribution is 2.65. The first-order valence-electron chi connectivity index (χ1n) is 8.93. The Bertz CT molecular complexity index is 500. The van der Waals surface area contributed by atoms with Crippen LogP contribution in [0.25, 0.3) is 0 Å². The molecule has 23 heavy (non-hydrogen) atoms. The molecule has 4 aliphatic rings. The molecule has 0 spiro atoms. The molecule has 1 N–H and O–H groups in total. The predicted octanol–water partition coefficient (Wildman–Crippen LogP) is 3.77. The van der Waals surface area contributed by atoms with Crippen molar-refractivity contribution >= 4 is 32.6 Å². The van der Waals surface area contributed by atoms with Crippen LogP contribution in [0.1, 0.15) is 65.7 Å². The molecule has 0 aromatic rings. The molecule has 4 rings (SSSR count). The van der Waals surface area contributed by atoms with E-state index in [-0.39, 0.29) is 16.1 Å². The molecule has 4 fully saturated rings. The molecule has 3 atom stereocenters. The van der Waals surface area contributed by atoms with Crippen molar-refractivity contribution in [2.45, 2.75) is 74.8 Å². The lowest BCUT2D eigenvalue weighted by atomic mass is 9.48. The van der Waals surface area contributed by atoms with Crippen LogP contribution in [0.5, 0.6) is 0 Å². The summed E-state index contributed by atoms with van der Waals surface area (Å²) >= 11 is 4.00. The first-order chi connectivity index (χ1) is 10.6. The number of amides is 1. The predicted molar refractivity (Wildman–Crippen MR) is 99.2 cm³/mol.